The first kappa shape index (κ1) is 9.67. The van der Waals surface area contributed by atoms with Gasteiger partial charge in [0.2, 0.25) is 11.2 Å². The number of fused-ring (bicyclic) bond motifs is 3. The molecule has 0 saturated carbocycles. The van der Waals surface area contributed by atoms with Crippen LogP contribution >= 0.6 is 0 Å². The van der Waals surface area contributed by atoms with Gasteiger partial charge >= 0.3 is 0 Å². The Labute approximate surface area is 101 Å². The SMILES string of the molecule is O=C(c1cc2oc2c2oc12)C(O)c1ccccc1. The normalized spacial score (nSPS) is 13.8. The number of hydrogen-bond donors (Lipinski definition) is 1. The lowest BCUT2D eigenvalue weighted by molar-refractivity contribution is 0.0749. The van der Waals surface area contributed by atoms with Crippen molar-refractivity contribution in [3.05, 3.63) is 47.5 Å². The minimum absolute atomic E-state index is 0.367. The fraction of sp³-hybridized carbons (Fsp3) is 0.0714. The smallest absolute Gasteiger partial charge is 0.217 e. The monoisotopic (exact) mass is 240 g/mol. The fourth-order valence-electron chi connectivity index (χ4n) is 2.05. The van der Waals surface area contributed by atoms with Crippen molar-refractivity contribution in [3.8, 4) is 0 Å². The maximum atomic E-state index is 12.2. The van der Waals surface area contributed by atoms with Crippen molar-refractivity contribution in [3.63, 3.8) is 0 Å². The number of hydrogen-bond acceptors (Lipinski definition) is 4. The summed E-state index contributed by atoms with van der Waals surface area (Å²) in [6.45, 7) is 0. The molecule has 0 spiro atoms. The summed E-state index contributed by atoms with van der Waals surface area (Å²) < 4.78 is 10.3. The Kier molecular flexibility index (Phi) is 1.67. The molecule has 2 heterocycles. The molecule has 0 aliphatic carbocycles. The lowest BCUT2D eigenvalue weighted by atomic mass is 10.0. The highest BCUT2D eigenvalue weighted by molar-refractivity contribution is 6.18. The van der Waals surface area contributed by atoms with Crippen molar-refractivity contribution in [2.24, 2.45) is 0 Å². The highest BCUT2D eigenvalue weighted by atomic mass is 16.4. The van der Waals surface area contributed by atoms with E-state index in [9.17, 15) is 9.90 Å². The fourth-order valence-corrected chi connectivity index (χ4v) is 2.05. The van der Waals surface area contributed by atoms with Crippen LogP contribution in [0.3, 0.4) is 0 Å². The summed E-state index contributed by atoms with van der Waals surface area (Å²) in [7, 11) is 0. The number of carbonyl (C=O) groups excluding carboxylic acids is 1. The first-order chi connectivity index (χ1) is 8.75. The van der Waals surface area contributed by atoms with Crippen LogP contribution in [0.2, 0.25) is 0 Å². The summed E-state index contributed by atoms with van der Waals surface area (Å²) in [4.78, 5) is 12.2. The van der Waals surface area contributed by atoms with Crippen LogP contribution in [0.5, 0.6) is 0 Å². The van der Waals surface area contributed by atoms with E-state index in [1.54, 1.807) is 30.3 Å². The van der Waals surface area contributed by atoms with E-state index in [1.165, 1.54) is 0 Å². The molecule has 1 N–H and O–H groups in total. The molecule has 4 rings (SSSR count). The van der Waals surface area contributed by atoms with Crippen LogP contribution in [-0.4, -0.2) is 10.9 Å². The molecular weight excluding hydrogens is 232 g/mol. The third-order valence-electron chi connectivity index (χ3n) is 3.12. The Bertz CT molecular complexity index is 808. The third kappa shape index (κ3) is 1.26. The molecule has 0 bridgehead atoms. The zero-order valence-electron chi connectivity index (χ0n) is 9.21. The minimum Gasteiger partial charge on any atom is -0.445 e. The predicted octanol–water partition coefficient (Wildman–Crippen LogP) is 2.97. The first-order valence-electron chi connectivity index (χ1n) is 5.59. The van der Waals surface area contributed by atoms with Gasteiger partial charge in [-0.25, -0.2) is 0 Å². The van der Waals surface area contributed by atoms with Gasteiger partial charge in [-0.2, -0.15) is 0 Å². The van der Waals surface area contributed by atoms with Crippen molar-refractivity contribution in [1.29, 1.82) is 0 Å². The number of aliphatic hydroxyl groups is 1. The van der Waals surface area contributed by atoms with Crippen LogP contribution in [0.4, 0.5) is 0 Å². The molecule has 4 aromatic rings. The number of rotatable bonds is 3. The largest absolute Gasteiger partial charge is 0.445 e. The van der Waals surface area contributed by atoms with Crippen molar-refractivity contribution in [1.82, 2.24) is 0 Å². The Morgan fingerprint density at radius 3 is 2.61 bits per heavy atom. The number of benzene rings is 2. The van der Waals surface area contributed by atoms with Gasteiger partial charge in [-0.05, 0) is 11.6 Å². The van der Waals surface area contributed by atoms with E-state index in [0.717, 1.165) is 5.58 Å². The number of carbonyl (C=O) groups is 1. The highest BCUT2D eigenvalue weighted by Gasteiger charge is 2.31. The molecule has 0 aliphatic rings. The standard InChI is InChI=1S/C14H8O4/c15-10(7-4-2-1-3-5-7)11(16)8-6-9-13(17-9)14-12(8)18-14/h1-6,10,15H. The van der Waals surface area contributed by atoms with Crippen molar-refractivity contribution >= 4 is 28.1 Å². The van der Waals surface area contributed by atoms with E-state index in [1.807, 2.05) is 6.07 Å². The zero-order valence-corrected chi connectivity index (χ0v) is 9.21. The van der Waals surface area contributed by atoms with Gasteiger partial charge in [0.25, 0.3) is 0 Å². The van der Waals surface area contributed by atoms with Gasteiger partial charge in [0.15, 0.2) is 16.9 Å². The van der Waals surface area contributed by atoms with Crippen molar-refractivity contribution in [2.75, 3.05) is 0 Å². The van der Waals surface area contributed by atoms with E-state index in [0.29, 0.717) is 27.9 Å². The molecule has 4 heteroatoms. The second kappa shape index (κ2) is 3.11. The van der Waals surface area contributed by atoms with Gasteiger partial charge in [0, 0.05) is 0 Å². The average molecular weight is 240 g/mol. The van der Waals surface area contributed by atoms with Crippen LogP contribution in [0.25, 0.3) is 22.3 Å². The second-order valence-electron chi connectivity index (χ2n) is 4.29. The maximum Gasteiger partial charge on any atom is 0.217 e. The Morgan fingerprint density at radius 2 is 1.83 bits per heavy atom. The van der Waals surface area contributed by atoms with Crippen molar-refractivity contribution in [2.45, 2.75) is 6.10 Å². The molecule has 1 atom stereocenters. The quantitative estimate of drug-likeness (QED) is 0.559. The summed E-state index contributed by atoms with van der Waals surface area (Å²) in [6, 6.07) is 10.4. The van der Waals surface area contributed by atoms with Crippen LogP contribution < -0.4 is 0 Å². The molecule has 18 heavy (non-hydrogen) atoms. The lowest BCUT2D eigenvalue weighted by Gasteiger charge is -2.08. The molecule has 88 valence electrons. The average Bonchev–Trinajstić information content (AvgIpc) is 3.26. The molecular formula is C14H8O4. The molecule has 0 aliphatic heterocycles. The highest BCUT2D eigenvalue weighted by Crippen LogP contribution is 2.42. The third-order valence-corrected chi connectivity index (χ3v) is 3.12. The molecule has 2 aromatic heterocycles. The van der Waals surface area contributed by atoms with E-state index in [-0.39, 0.29) is 5.78 Å². The number of aliphatic hydroxyl groups excluding tert-OH is 1. The van der Waals surface area contributed by atoms with E-state index < -0.39 is 6.10 Å². The lowest BCUT2D eigenvalue weighted by Crippen LogP contribution is -2.11. The van der Waals surface area contributed by atoms with Crippen LogP contribution in [0.15, 0.2) is 45.2 Å². The molecule has 2 aromatic carbocycles. The molecule has 0 radical (unpaired) electrons. The molecule has 0 fully saturated rings. The summed E-state index contributed by atoms with van der Waals surface area (Å²) in [5, 5.41) is 10.1. The van der Waals surface area contributed by atoms with Gasteiger partial charge in [-0.15, -0.1) is 0 Å². The number of ketones is 1. The topological polar surface area (TPSA) is 63.6 Å². The van der Waals surface area contributed by atoms with E-state index >= 15 is 0 Å². The Hall–Kier alpha value is -2.33. The van der Waals surface area contributed by atoms with Gasteiger partial charge in [0.1, 0.15) is 6.10 Å². The Morgan fingerprint density at radius 1 is 1.06 bits per heavy atom. The summed E-state index contributed by atoms with van der Waals surface area (Å²) in [6.07, 6.45) is -1.17. The van der Waals surface area contributed by atoms with E-state index in [4.69, 9.17) is 8.83 Å². The zero-order chi connectivity index (χ0) is 12.3. The molecule has 0 amide bonds. The van der Waals surface area contributed by atoms with Crippen LogP contribution in [-0.2, 0) is 0 Å². The van der Waals surface area contributed by atoms with Gasteiger partial charge in [0.05, 0.1) is 5.56 Å². The molecule has 1 unspecified atom stereocenters. The van der Waals surface area contributed by atoms with Gasteiger partial charge in [-0.1, -0.05) is 30.3 Å². The summed E-state index contributed by atoms with van der Waals surface area (Å²) in [5.74, 6) is -0.367. The summed E-state index contributed by atoms with van der Waals surface area (Å²) >= 11 is 0. The van der Waals surface area contributed by atoms with Crippen molar-refractivity contribution < 1.29 is 18.7 Å². The second-order valence-corrected chi connectivity index (χ2v) is 4.29. The molecule has 0 saturated heterocycles. The van der Waals surface area contributed by atoms with Crippen LogP contribution in [0.1, 0.15) is 22.0 Å². The predicted molar refractivity (Wildman–Crippen MR) is 64.1 cm³/mol. The number of Topliss-reactive ketones (excluding diaryl/α,β-unsaturated/α-hetero) is 1. The first-order valence-corrected chi connectivity index (χ1v) is 5.59. The Balaban J connectivity index is 1.74. The summed E-state index contributed by atoms with van der Waals surface area (Å²) in [5.41, 5.74) is 3.51. The minimum atomic E-state index is -1.17. The van der Waals surface area contributed by atoms with E-state index in [2.05, 4.69) is 0 Å². The van der Waals surface area contributed by atoms with Crippen LogP contribution in [0, 0.1) is 0 Å². The maximum absolute atomic E-state index is 12.2. The molecule has 4 nitrogen and oxygen atoms in total. The van der Waals surface area contributed by atoms with Gasteiger partial charge in [-0.3, -0.25) is 4.79 Å². The van der Waals surface area contributed by atoms with Gasteiger partial charge < -0.3 is 13.9 Å².